The number of nitrogens with one attached hydrogen (secondary N) is 1. The molecule has 0 aliphatic rings. The van der Waals surface area contributed by atoms with E-state index in [4.69, 9.17) is 9.47 Å². The van der Waals surface area contributed by atoms with E-state index in [-0.39, 0.29) is 12.2 Å². The number of rotatable bonds is 9. The van der Waals surface area contributed by atoms with Gasteiger partial charge in [-0.15, -0.1) is 0 Å². The Labute approximate surface area is 182 Å². The number of anilines is 2. The third-order valence-electron chi connectivity index (χ3n) is 4.66. The van der Waals surface area contributed by atoms with Crippen LogP contribution in [-0.4, -0.2) is 38.7 Å². The van der Waals surface area contributed by atoms with E-state index in [1.807, 2.05) is 24.3 Å². The smallest absolute Gasteiger partial charge is 0.338 e. The molecule has 0 unspecified atom stereocenters. The number of carbonyl (C=O) groups is 2. The van der Waals surface area contributed by atoms with Gasteiger partial charge in [-0.3, -0.25) is 4.79 Å². The summed E-state index contributed by atoms with van der Waals surface area (Å²) < 4.78 is 10.4. The van der Waals surface area contributed by atoms with Crippen molar-refractivity contribution in [2.24, 2.45) is 0 Å². The Morgan fingerprint density at radius 1 is 1.10 bits per heavy atom. The lowest BCUT2D eigenvalue weighted by atomic mass is 10.1. The number of esters is 1. The second kappa shape index (κ2) is 11.4. The third kappa shape index (κ3) is 6.09. The molecule has 0 aliphatic carbocycles. The van der Waals surface area contributed by atoms with Crippen LogP contribution < -0.4 is 15.0 Å². The minimum Gasteiger partial charge on any atom is -0.496 e. The lowest BCUT2D eigenvalue weighted by Crippen LogP contribution is -2.21. The molecule has 1 N–H and O–H groups in total. The number of carbonyl (C=O) groups excluding carboxylic acids is 2. The second-order valence-corrected chi connectivity index (χ2v) is 6.52. The average molecular weight is 421 g/mol. The molecule has 0 heterocycles. The van der Waals surface area contributed by atoms with Crippen LogP contribution in [0.1, 0.15) is 36.7 Å². The van der Waals surface area contributed by atoms with E-state index in [1.54, 1.807) is 38.3 Å². The van der Waals surface area contributed by atoms with Crippen molar-refractivity contribution in [1.29, 1.82) is 5.26 Å². The van der Waals surface area contributed by atoms with Crippen molar-refractivity contribution in [3.63, 3.8) is 0 Å². The molecule has 0 spiro atoms. The highest BCUT2D eigenvalue weighted by Gasteiger charge is 2.13. The fourth-order valence-corrected chi connectivity index (χ4v) is 3.01. The Morgan fingerprint density at radius 2 is 1.77 bits per heavy atom. The molecule has 1 amide bonds. The molecule has 7 nitrogen and oxygen atoms in total. The van der Waals surface area contributed by atoms with Crippen molar-refractivity contribution >= 4 is 29.3 Å². The lowest BCUT2D eigenvalue weighted by Gasteiger charge is -2.22. The topological polar surface area (TPSA) is 91.7 Å². The third-order valence-corrected chi connectivity index (χ3v) is 4.66. The fourth-order valence-electron chi connectivity index (χ4n) is 3.01. The lowest BCUT2D eigenvalue weighted by molar-refractivity contribution is -0.112. The molecule has 31 heavy (non-hydrogen) atoms. The van der Waals surface area contributed by atoms with Gasteiger partial charge in [-0.1, -0.05) is 0 Å². The molecule has 2 aromatic carbocycles. The van der Waals surface area contributed by atoms with Crippen LogP contribution in [0.4, 0.5) is 11.4 Å². The van der Waals surface area contributed by atoms with Crippen molar-refractivity contribution in [1.82, 2.24) is 0 Å². The van der Waals surface area contributed by atoms with Crippen molar-refractivity contribution in [3.05, 3.63) is 59.2 Å². The summed E-state index contributed by atoms with van der Waals surface area (Å²) in [6.45, 7) is 7.87. The van der Waals surface area contributed by atoms with Crippen LogP contribution >= 0.6 is 0 Å². The summed E-state index contributed by atoms with van der Waals surface area (Å²) in [5.41, 5.74) is 2.41. The first kappa shape index (κ1) is 23.5. The van der Waals surface area contributed by atoms with Gasteiger partial charge in [0.15, 0.2) is 0 Å². The number of nitrogens with zero attached hydrogens (tertiary/aromatic N) is 2. The summed E-state index contributed by atoms with van der Waals surface area (Å²) in [4.78, 5) is 26.5. The highest BCUT2D eigenvalue weighted by atomic mass is 16.5. The van der Waals surface area contributed by atoms with Crippen LogP contribution in [0.3, 0.4) is 0 Å². The molecule has 2 aromatic rings. The summed E-state index contributed by atoms with van der Waals surface area (Å²) in [6, 6.07) is 13.9. The molecule has 0 aliphatic heterocycles. The highest BCUT2D eigenvalue weighted by Crippen LogP contribution is 2.27. The zero-order chi connectivity index (χ0) is 22.8. The molecule has 0 saturated heterocycles. The van der Waals surface area contributed by atoms with Gasteiger partial charge in [0, 0.05) is 36.1 Å². The zero-order valence-electron chi connectivity index (χ0n) is 18.3. The van der Waals surface area contributed by atoms with Crippen molar-refractivity contribution in [2.45, 2.75) is 20.8 Å². The van der Waals surface area contributed by atoms with E-state index < -0.39 is 11.9 Å². The van der Waals surface area contributed by atoms with E-state index in [2.05, 4.69) is 24.1 Å². The van der Waals surface area contributed by atoms with Gasteiger partial charge in [0.05, 0.1) is 19.3 Å². The Morgan fingerprint density at radius 3 is 2.32 bits per heavy atom. The SMILES string of the molecule is CCOC(=O)c1ccc(NC(=O)/C(C#N)=C/c2ccc(N(CC)CC)cc2OC)cc1. The van der Waals surface area contributed by atoms with Crippen LogP contribution in [0.25, 0.3) is 6.08 Å². The van der Waals surface area contributed by atoms with Gasteiger partial charge < -0.3 is 19.7 Å². The normalized spacial score (nSPS) is 10.7. The quantitative estimate of drug-likeness (QED) is 0.369. The Hall–Kier alpha value is -3.79. The van der Waals surface area contributed by atoms with E-state index in [0.29, 0.717) is 22.6 Å². The van der Waals surface area contributed by atoms with Gasteiger partial charge in [-0.25, -0.2) is 4.79 Å². The van der Waals surface area contributed by atoms with E-state index >= 15 is 0 Å². The molecule has 0 saturated carbocycles. The van der Waals surface area contributed by atoms with Crippen molar-refractivity contribution < 1.29 is 19.1 Å². The summed E-state index contributed by atoms with van der Waals surface area (Å²) in [5, 5.41) is 12.2. The van der Waals surface area contributed by atoms with E-state index in [0.717, 1.165) is 18.8 Å². The molecule has 0 atom stereocenters. The van der Waals surface area contributed by atoms with Gasteiger partial charge in [0.1, 0.15) is 17.4 Å². The number of nitriles is 1. The van der Waals surface area contributed by atoms with Gasteiger partial charge in [0.2, 0.25) is 0 Å². The monoisotopic (exact) mass is 421 g/mol. The molecule has 7 heteroatoms. The van der Waals surface area contributed by atoms with Crippen molar-refractivity contribution in [3.8, 4) is 11.8 Å². The average Bonchev–Trinajstić information content (AvgIpc) is 2.79. The number of hydrogen-bond donors (Lipinski definition) is 1. The predicted octanol–water partition coefficient (Wildman–Crippen LogP) is 4.26. The molecular formula is C24H27N3O4. The Balaban J connectivity index is 2.22. The number of amides is 1. The number of ether oxygens (including phenoxy) is 2. The number of hydrogen-bond acceptors (Lipinski definition) is 6. The van der Waals surface area contributed by atoms with Gasteiger partial charge in [-0.05, 0) is 63.2 Å². The van der Waals surface area contributed by atoms with Crippen LogP contribution in [-0.2, 0) is 9.53 Å². The Kier molecular flexibility index (Phi) is 8.64. The number of benzene rings is 2. The largest absolute Gasteiger partial charge is 0.496 e. The van der Waals surface area contributed by atoms with E-state index in [1.165, 1.54) is 6.08 Å². The van der Waals surface area contributed by atoms with Crippen LogP contribution in [0.15, 0.2) is 48.0 Å². The maximum atomic E-state index is 12.6. The summed E-state index contributed by atoms with van der Waals surface area (Å²) in [7, 11) is 1.55. The first-order valence-corrected chi connectivity index (χ1v) is 10.1. The first-order chi connectivity index (χ1) is 15.0. The van der Waals surface area contributed by atoms with Gasteiger partial charge in [0.25, 0.3) is 5.91 Å². The minimum absolute atomic E-state index is 0.0663. The van der Waals surface area contributed by atoms with Gasteiger partial charge >= 0.3 is 5.97 Å². The second-order valence-electron chi connectivity index (χ2n) is 6.52. The van der Waals surface area contributed by atoms with Gasteiger partial charge in [-0.2, -0.15) is 5.26 Å². The molecule has 0 radical (unpaired) electrons. The zero-order valence-corrected chi connectivity index (χ0v) is 18.3. The molecular weight excluding hydrogens is 394 g/mol. The summed E-state index contributed by atoms with van der Waals surface area (Å²) in [6.07, 6.45) is 1.49. The molecule has 2 rings (SSSR count). The maximum Gasteiger partial charge on any atom is 0.338 e. The first-order valence-electron chi connectivity index (χ1n) is 10.1. The fraction of sp³-hybridized carbons (Fsp3) is 0.292. The molecule has 0 aromatic heterocycles. The highest BCUT2D eigenvalue weighted by molar-refractivity contribution is 6.10. The maximum absolute atomic E-state index is 12.6. The standard InChI is InChI=1S/C24H27N3O4/c1-5-27(6-2)21-13-10-18(22(15-21)30-4)14-19(16-25)23(28)26-20-11-8-17(9-12-20)24(29)31-7-3/h8-15H,5-7H2,1-4H3,(H,26,28)/b19-14+. The van der Waals surface area contributed by atoms with Crippen LogP contribution in [0, 0.1) is 11.3 Å². The van der Waals surface area contributed by atoms with Crippen LogP contribution in [0.5, 0.6) is 5.75 Å². The summed E-state index contributed by atoms with van der Waals surface area (Å²) in [5.74, 6) is -0.414. The predicted molar refractivity (Wildman–Crippen MR) is 121 cm³/mol. The summed E-state index contributed by atoms with van der Waals surface area (Å²) >= 11 is 0. The molecule has 0 bridgehead atoms. The molecule has 0 fully saturated rings. The van der Waals surface area contributed by atoms with Crippen LogP contribution in [0.2, 0.25) is 0 Å². The minimum atomic E-state index is -0.554. The number of methoxy groups -OCH3 is 1. The van der Waals surface area contributed by atoms with Crippen molar-refractivity contribution in [2.75, 3.05) is 37.0 Å². The Bertz CT molecular complexity index is 987. The molecule has 162 valence electrons. The van der Waals surface area contributed by atoms with E-state index in [9.17, 15) is 14.9 Å².